The van der Waals surface area contributed by atoms with Gasteiger partial charge in [-0.3, -0.25) is 0 Å². The van der Waals surface area contributed by atoms with Crippen LogP contribution in [0, 0.1) is 6.92 Å². The van der Waals surface area contributed by atoms with Gasteiger partial charge in [0.2, 0.25) is 0 Å². The fourth-order valence-electron chi connectivity index (χ4n) is 5.05. The minimum absolute atomic E-state index is 0.0419. The Morgan fingerprint density at radius 3 is 0.718 bits per heavy atom. The average molecular weight is 525 g/mol. The molecule has 0 aliphatic carbocycles. The highest BCUT2D eigenvalue weighted by molar-refractivity contribution is 5.81. The largest absolute Gasteiger partial charge is 0.0561 e. The third-order valence-electron chi connectivity index (χ3n) is 8.23. The van der Waals surface area contributed by atoms with E-state index in [9.17, 15) is 0 Å². The zero-order valence-corrected chi connectivity index (χ0v) is 28.1. The molecule has 0 atom stereocenters. The zero-order valence-electron chi connectivity index (χ0n) is 28.1. The van der Waals surface area contributed by atoms with Gasteiger partial charge in [-0.1, -0.05) is 152 Å². The molecular formula is C39H56. The first kappa shape index (κ1) is 31.2. The van der Waals surface area contributed by atoms with Crippen molar-refractivity contribution in [3.05, 3.63) is 81.9 Å². The first-order valence-electron chi connectivity index (χ1n) is 14.9. The Bertz CT molecular complexity index is 1180. The fraction of sp³-hybridized carbons (Fsp3) is 0.538. The summed E-state index contributed by atoms with van der Waals surface area (Å²) in [6, 6.07) is 19.6. The van der Waals surface area contributed by atoms with E-state index in [0.29, 0.717) is 0 Å². The van der Waals surface area contributed by atoms with Gasteiger partial charge in [-0.15, -0.1) is 0 Å². The molecule has 0 aliphatic rings. The van der Waals surface area contributed by atoms with Crippen molar-refractivity contribution in [2.45, 2.75) is 138 Å². The molecule has 39 heavy (non-hydrogen) atoms. The molecule has 0 spiro atoms. The van der Waals surface area contributed by atoms with Gasteiger partial charge in [0.25, 0.3) is 0 Å². The Balaban J connectivity index is 2.46. The summed E-state index contributed by atoms with van der Waals surface area (Å²) in [5, 5.41) is 0. The van der Waals surface area contributed by atoms with Gasteiger partial charge in [-0.2, -0.15) is 0 Å². The van der Waals surface area contributed by atoms with Crippen molar-refractivity contribution in [1.82, 2.24) is 0 Å². The molecule has 212 valence electrons. The lowest BCUT2D eigenvalue weighted by molar-refractivity contribution is 0.568. The molecule has 3 rings (SSSR count). The van der Waals surface area contributed by atoms with Gasteiger partial charge in [0, 0.05) is 0 Å². The van der Waals surface area contributed by atoms with Crippen LogP contribution in [0.4, 0.5) is 0 Å². The van der Waals surface area contributed by atoms with E-state index >= 15 is 0 Å². The second-order valence-electron chi connectivity index (χ2n) is 17.0. The summed E-state index contributed by atoms with van der Waals surface area (Å²) in [4.78, 5) is 0. The van der Waals surface area contributed by atoms with Crippen molar-refractivity contribution < 1.29 is 0 Å². The van der Waals surface area contributed by atoms with Crippen LogP contribution in [-0.4, -0.2) is 0 Å². The van der Waals surface area contributed by atoms with Crippen molar-refractivity contribution in [3.8, 4) is 22.3 Å². The fourth-order valence-corrected chi connectivity index (χ4v) is 5.05. The van der Waals surface area contributed by atoms with E-state index in [0.717, 1.165) is 0 Å². The monoisotopic (exact) mass is 524 g/mol. The molecule has 3 aromatic carbocycles. The summed E-state index contributed by atoms with van der Waals surface area (Å²) in [5.74, 6) is 0. The summed E-state index contributed by atoms with van der Waals surface area (Å²) >= 11 is 0. The molecule has 0 unspecified atom stereocenters. The molecule has 0 N–H and O–H groups in total. The number of hydrogen-bond acceptors (Lipinski definition) is 0. The molecule has 3 aromatic rings. The molecule has 0 bridgehead atoms. The van der Waals surface area contributed by atoms with Crippen molar-refractivity contribution in [1.29, 1.82) is 0 Å². The first-order valence-corrected chi connectivity index (χ1v) is 14.9. The van der Waals surface area contributed by atoms with Gasteiger partial charge >= 0.3 is 0 Å². The van der Waals surface area contributed by atoms with Gasteiger partial charge in [-0.25, -0.2) is 0 Å². The molecule has 0 heterocycles. The zero-order chi connectivity index (χ0) is 29.9. The van der Waals surface area contributed by atoms with E-state index in [-0.39, 0.29) is 27.1 Å². The van der Waals surface area contributed by atoms with Crippen LogP contribution in [-0.2, 0) is 27.1 Å². The van der Waals surface area contributed by atoms with E-state index in [1.165, 1.54) is 55.6 Å². The smallest absolute Gasteiger partial charge is 0.0131 e. The van der Waals surface area contributed by atoms with Crippen LogP contribution < -0.4 is 0 Å². The lowest BCUT2D eigenvalue weighted by Crippen LogP contribution is -2.17. The molecule has 0 aliphatic heterocycles. The van der Waals surface area contributed by atoms with Crippen molar-refractivity contribution in [2.75, 3.05) is 0 Å². The molecule has 0 amide bonds. The maximum absolute atomic E-state index is 2.46. The lowest BCUT2D eigenvalue weighted by atomic mass is 9.76. The van der Waals surface area contributed by atoms with Crippen LogP contribution in [0.1, 0.15) is 137 Å². The maximum atomic E-state index is 2.46. The molecule has 0 heteroatoms. The Labute approximate surface area is 241 Å². The van der Waals surface area contributed by atoms with Gasteiger partial charge in [0.1, 0.15) is 0 Å². The number of hydrogen-bond donors (Lipinski definition) is 0. The Hall–Kier alpha value is -2.34. The molecule has 0 radical (unpaired) electrons. The Morgan fingerprint density at radius 2 is 0.513 bits per heavy atom. The van der Waals surface area contributed by atoms with Crippen molar-refractivity contribution in [2.24, 2.45) is 0 Å². The van der Waals surface area contributed by atoms with Crippen molar-refractivity contribution in [3.63, 3.8) is 0 Å². The van der Waals surface area contributed by atoms with Gasteiger partial charge in [0.05, 0.1) is 0 Å². The highest BCUT2D eigenvalue weighted by atomic mass is 14.3. The molecule has 0 saturated carbocycles. The van der Waals surface area contributed by atoms with Crippen LogP contribution in [0.25, 0.3) is 22.3 Å². The number of rotatable bonds is 2. The van der Waals surface area contributed by atoms with Crippen LogP contribution in [0.2, 0.25) is 0 Å². The highest BCUT2D eigenvalue weighted by Gasteiger charge is 2.26. The predicted octanol–water partition coefficient (Wildman–Crippen LogP) is 11.8. The van der Waals surface area contributed by atoms with E-state index in [2.05, 4.69) is 159 Å². The maximum Gasteiger partial charge on any atom is -0.0131 e. The average Bonchev–Trinajstić information content (AvgIpc) is 2.75. The third-order valence-corrected chi connectivity index (χ3v) is 8.23. The summed E-state index contributed by atoms with van der Waals surface area (Å²) in [6.07, 6.45) is 0. The van der Waals surface area contributed by atoms with E-state index < -0.39 is 0 Å². The molecule has 0 saturated heterocycles. The minimum Gasteiger partial charge on any atom is -0.0561 e. The molecule has 0 nitrogen and oxygen atoms in total. The summed E-state index contributed by atoms with van der Waals surface area (Å²) in [6.45, 7) is 37.3. The minimum atomic E-state index is 0.0419. The van der Waals surface area contributed by atoms with Gasteiger partial charge in [-0.05, 0) is 89.6 Å². The molecular weight excluding hydrogens is 468 g/mol. The van der Waals surface area contributed by atoms with E-state index in [1.807, 2.05) is 0 Å². The van der Waals surface area contributed by atoms with E-state index in [1.54, 1.807) is 0 Å². The number of benzene rings is 3. The molecule has 0 aromatic heterocycles. The van der Waals surface area contributed by atoms with Gasteiger partial charge in [0.15, 0.2) is 0 Å². The van der Waals surface area contributed by atoms with Crippen LogP contribution in [0.15, 0.2) is 48.5 Å². The third kappa shape index (κ3) is 7.06. The summed E-state index contributed by atoms with van der Waals surface area (Å²) < 4.78 is 0. The first-order chi connectivity index (χ1) is 17.4. The van der Waals surface area contributed by atoms with Gasteiger partial charge < -0.3 is 0 Å². The Kier molecular flexibility index (Phi) is 7.95. The topological polar surface area (TPSA) is 0 Å². The summed E-state index contributed by atoms with van der Waals surface area (Å²) in [5.41, 5.74) is 14.1. The predicted molar refractivity (Wildman–Crippen MR) is 176 cm³/mol. The van der Waals surface area contributed by atoms with E-state index in [4.69, 9.17) is 0 Å². The standard InChI is InChI=1S/C39H56/c1-25-33(26-17-28(35(2,3)4)21-29(18-26)36(5,6)7)23-32(39(14,15)16)24-34(25)27-19-30(37(8,9)10)22-31(20-27)38(11,12)13/h17-24H,1-16H3. The second kappa shape index (κ2) is 9.94. The quantitative estimate of drug-likeness (QED) is 0.313. The summed E-state index contributed by atoms with van der Waals surface area (Å²) in [7, 11) is 0. The van der Waals surface area contributed by atoms with Crippen molar-refractivity contribution >= 4 is 0 Å². The lowest BCUT2D eigenvalue weighted by Gasteiger charge is -2.29. The normalized spacial score (nSPS) is 13.6. The molecule has 0 fully saturated rings. The van der Waals surface area contributed by atoms with Crippen LogP contribution in [0.3, 0.4) is 0 Å². The second-order valence-corrected chi connectivity index (χ2v) is 17.0. The highest BCUT2D eigenvalue weighted by Crippen LogP contribution is 2.42. The SMILES string of the molecule is Cc1c(-c2cc(C(C)(C)C)cc(C(C)(C)C)c2)cc(C(C)(C)C)cc1-c1cc(C(C)(C)C)cc(C(C)(C)C)c1. The Morgan fingerprint density at radius 1 is 0.308 bits per heavy atom. The van der Waals surface area contributed by atoms with Crippen LogP contribution in [0.5, 0.6) is 0 Å². The van der Waals surface area contributed by atoms with Crippen LogP contribution >= 0.6 is 0 Å².